The number of aromatic nitrogens is 5. The van der Waals surface area contributed by atoms with Gasteiger partial charge < -0.3 is 10.6 Å². The summed E-state index contributed by atoms with van der Waals surface area (Å²) in [5.74, 6) is -3.69. The maximum atomic E-state index is 13.4. The van der Waals surface area contributed by atoms with Crippen LogP contribution in [-0.2, 0) is 6.18 Å². The summed E-state index contributed by atoms with van der Waals surface area (Å²) in [4.78, 5) is 11.1. The van der Waals surface area contributed by atoms with E-state index < -0.39 is 53.6 Å². The Labute approximate surface area is 168 Å². The number of benzene rings is 1. The first-order chi connectivity index (χ1) is 14.3. The maximum absolute atomic E-state index is 13.4. The van der Waals surface area contributed by atoms with Crippen LogP contribution in [0.4, 0.5) is 52.7 Å². The van der Waals surface area contributed by atoms with Gasteiger partial charge in [0.25, 0.3) is 5.95 Å². The molecule has 0 amide bonds. The van der Waals surface area contributed by atoms with Crippen LogP contribution in [0.2, 0.25) is 0 Å². The van der Waals surface area contributed by atoms with Gasteiger partial charge in [-0.15, -0.1) is 0 Å². The minimum Gasteiger partial charge on any atom is -0.343 e. The predicted molar refractivity (Wildman–Crippen MR) is 90.7 cm³/mol. The third kappa shape index (κ3) is 5.55. The molecule has 0 aliphatic carbocycles. The van der Waals surface area contributed by atoms with Crippen molar-refractivity contribution in [2.24, 2.45) is 0 Å². The maximum Gasteiger partial charge on any atom is 0.435 e. The van der Waals surface area contributed by atoms with Crippen molar-refractivity contribution in [3.63, 3.8) is 0 Å². The summed E-state index contributed by atoms with van der Waals surface area (Å²) in [7, 11) is 0. The zero-order valence-electron chi connectivity index (χ0n) is 15.2. The molecule has 0 saturated heterocycles. The topological polar surface area (TPSA) is 80.5 Å². The van der Waals surface area contributed by atoms with Crippen LogP contribution < -0.4 is 10.6 Å². The van der Waals surface area contributed by atoms with Crippen LogP contribution in [-0.4, -0.2) is 37.0 Å². The minimum atomic E-state index is -4.79. The van der Waals surface area contributed by atoms with Crippen molar-refractivity contribution in [3.05, 3.63) is 47.8 Å². The zero-order valence-corrected chi connectivity index (χ0v) is 15.2. The van der Waals surface area contributed by atoms with E-state index in [-0.39, 0.29) is 5.69 Å². The van der Waals surface area contributed by atoms with Gasteiger partial charge in [-0.05, 0) is 25.1 Å². The first-order valence-electron chi connectivity index (χ1n) is 8.27. The summed E-state index contributed by atoms with van der Waals surface area (Å²) >= 11 is 0. The molecule has 0 radical (unpaired) electrons. The van der Waals surface area contributed by atoms with Gasteiger partial charge in [0.1, 0.15) is 17.7 Å². The number of alkyl halides is 6. The molecular weight excluding hydrogens is 442 g/mol. The van der Waals surface area contributed by atoms with E-state index in [0.29, 0.717) is 16.8 Å². The van der Waals surface area contributed by atoms with Crippen molar-refractivity contribution in [3.8, 4) is 5.95 Å². The highest BCUT2D eigenvalue weighted by molar-refractivity contribution is 5.55. The van der Waals surface area contributed by atoms with Crippen molar-refractivity contribution in [2.45, 2.75) is 25.3 Å². The first-order valence-corrected chi connectivity index (χ1v) is 8.27. The van der Waals surface area contributed by atoms with Gasteiger partial charge in [-0.1, -0.05) is 0 Å². The molecule has 0 spiro atoms. The van der Waals surface area contributed by atoms with Gasteiger partial charge >= 0.3 is 12.4 Å². The summed E-state index contributed by atoms with van der Waals surface area (Å²) in [6.45, 7) is 0.758. The Morgan fingerprint density at radius 1 is 0.903 bits per heavy atom. The molecule has 3 rings (SSSR count). The van der Waals surface area contributed by atoms with E-state index in [4.69, 9.17) is 0 Å². The second kappa shape index (κ2) is 7.96. The summed E-state index contributed by atoms with van der Waals surface area (Å²) in [6.07, 6.45) is -8.65. The van der Waals surface area contributed by atoms with Crippen molar-refractivity contribution in [1.29, 1.82) is 0 Å². The number of nitrogens with one attached hydrogen (secondary N) is 2. The number of anilines is 3. The highest BCUT2D eigenvalue weighted by Crippen LogP contribution is 2.28. The normalized spacial score (nSPS) is 13.2. The molecule has 1 unspecified atom stereocenters. The standard InChI is InChI=1S/C16H11F8N7/c1-7(15(19,20)21)25-12-27-13(26-10-5-8(17)4-9(18)6-10)29-14(28-12)31-3-2-11(30-31)16(22,23)24/h2-7H,1H3,(H2,25,26,27,28,29). The predicted octanol–water partition coefficient (Wildman–Crippen LogP) is 4.46. The van der Waals surface area contributed by atoms with Crippen LogP contribution in [0.25, 0.3) is 5.95 Å². The molecule has 31 heavy (non-hydrogen) atoms. The third-order valence-corrected chi connectivity index (χ3v) is 3.66. The van der Waals surface area contributed by atoms with Crippen molar-refractivity contribution in [1.82, 2.24) is 24.7 Å². The molecule has 0 bridgehead atoms. The van der Waals surface area contributed by atoms with Crippen LogP contribution in [0.15, 0.2) is 30.5 Å². The van der Waals surface area contributed by atoms with Crippen LogP contribution in [0.3, 0.4) is 0 Å². The monoisotopic (exact) mass is 453 g/mol. The quantitative estimate of drug-likeness (QED) is 0.556. The molecule has 3 aromatic rings. The molecule has 0 saturated carbocycles. The first kappa shape index (κ1) is 22.2. The lowest BCUT2D eigenvalue weighted by atomic mass is 10.3. The SMILES string of the molecule is CC(Nc1nc(Nc2cc(F)cc(F)c2)nc(-n2ccc(C(F)(F)F)n2)n1)C(F)(F)F. The molecule has 2 aromatic heterocycles. The Morgan fingerprint density at radius 2 is 1.52 bits per heavy atom. The Hall–Kier alpha value is -3.52. The molecule has 0 fully saturated rings. The van der Waals surface area contributed by atoms with Crippen LogP contribution in [0, 0.1) is 11.6 Å². The van der Waals surface area contributed by atoms with Crippen LogP contribution in [0.5, 0.6) is 0 Å². The number of hydrogen-bond donors (Lipinski definition) is 2. The number of hydrogen-bond acceptors (Lipinski definition) is 6. The minimum absolute atomic E-state index is 0.207. The van der Waals surface area contributed by atoms with Gasteiger partial charge in [0.15, 0.2) is 5.69 Å². The largest absolute Gasteiger partial charge is 0.435 e. The lowest BCUT2D eigenvalue weighted by Crippen LogP contribution is -2.34. The molecule has 15 heteroatoms. The lowest BCUT2D eigenvalue weighted by molar-refractivity contribution is -0.141. The average molecular weight is 453 g/mol. The lowest BCUT2D eigenvalue weighted by Gasteiger charge is -2.17. The van der Waals surface area contributed by atoms with Gasteiger partial charge in [-0.25, -0.2) is 13.5 Å². The average Bonchev–Trinajstić information content (AvgIpc) is 3.10. The molecule has 0 aliphatic rings. The third-order valence-electron chi connectivity index (χ3n) is 3.66. The Morgan fingerprint density at radius 3 is 2.06 bits per heavy atom. The molecule has 2 N–H and O–H groups in total. The number of nitrogens with zero attached hydrogens (tertiary/aromatic N) is 5. The molecule has 0 aliphatic heterocycles. The van der Waals surface area contributed by atoms with Gasteiger partial charge in [0.05, 0.1) is 0 Å². The van der Waals surface area contributed by atoms with Crippen molar-refractivity contribution in [2.75, 3.05) is 10.6 Å². The molecule has 2 heterocycles. The van der Waals surface area contributed by atoms with Gasteiger partial charge in [-0.2, -0.15) is 46.4 Å². The number of halogens is 8. The van der Waals surface area contributed by atoms with Gasteiger partial charge in [0.2, 0.25) is 11.9 Å². The summed E-state index contributed by atoms with van der Waals surface area (Å²) in [6, 6.07) is 0.723. The van der Waals surface area contributed by atoms with Gasteiger partial charge in [-0.3, -0.25) is 0 Å². The van der Waals surface area contributed by atoms with E-state index in [1.165, 1.54) is 0 Å². The smallest absolute Gasteiger partial charge is 0.343 e. The molecule has 1 atom stereocenters. The van der Waals surface area contributed by atoms with Crippen LogP contribution in [0.1, 0.15) is 12.6 Å². The summed E-state index contributed by atoms with van der Waals surface area (Å²) in [5, 5.41) is 7.54. The Kier molecular flexibility index (Phi) is 5.69. The fraction of sp³-hybridized carbons (Fsp3) is 0.250. The highest BCUT2D eigenvalue weighted by Gasteiger charge is 2.37. The molecule has 1 aromatic carbocycles. The second-order valence-electron chi connectivity index (χ2n) is 6.12. The van der Waals surface area contributed by atoms with E-state index in [1.54, 1.807) is 0 Å². The molecule has 7 nitrogen and oxygen atoms in total. The van der Waals surface area contributed by atoms with E-state index >= 15 is 0 Å². The van der Waals surface area contributed by atoms with E-state index in [1.807, 2.05) is 5.32 Å². The van der Waals surface area contributed by atoms with E-state index in [9.17, 15) is 35.1 Å². The molecular formula is C16H11F8N7. The summed E-state index contributed by atoms with van der Waals surface area (Å²) in [5.41, 5.74) is -1.51. The van der Waals surface area contributed by atoms with Gasteiger partial charge in [0, 0.05) is 18.0 Å². The highest BCUT2D eigenvalue weighted by atomic mass is 19.4. The fourth-order valence-electron chi connectivity index (χ4n) is 2.20. The Balaban J connectivity index is 2.02. The summed E-state index contributed by atoms with van der Waals surface area (Å²) < 4.78 is 104. The van der Waals surface area contributed by atoms with E-state index in [0.717, 1.165) is 25.3 Å². The molecule has 166 valence electrons. The zero-order chi connectivity index (χ0) is 23.0. The van der Waals surface area contributed by atoms with E-state index in [2.05, 4.69) is 25.4 Å². The second-order valence-corrected chi connectivity index (χ2v) is 6.12. The Bertz CT molecular complexity index is 1060. The number of rotatable bonds is 5. The fourth-order valence-corrected chi connectivity index (χ4v) is 2.20. The van der Waals surface area contributed by atoms with Crippen molar-refractivity contribution < 1.29 is 35.1 Å². The van der Waals surface area contributed by atoms with Crippen LogP contribution >= 0.6 is 0 Å². The van der Waals surface area contributed by atoms with Crippen molar-refractivity contribution >= 4 is 17.6 Å².